The third kappa shape index (κ3) is 8.83. The van der Waals surface area contributed by atoms with Gasteiger partial charge in [0, 0.05) is 18.2 Å². The molecule has 4 amide bonds. The van der Waals surface area contributed by atoms with Gasteiger partial charge in [-0.25, -0.2) is 13.2 Å². The highest BCUT2D eigenvalue weighted by molar-refractivity contribution is 8.00. The standard InChI is InChI=1S/C40H50N4O7S2/c1-5-29-24-40(29,36(47)43-53(49,50)31-21-22-31)42-34(45)33-25-39(30-19-17-28(18-20-30)27-14-10-9-11-15-27)26-44(33)35(46)32(41-37(48)51-38(2,3)4)16-12-7-6-8-13-23-52-39/h5,8-11,13-15,17-20,29,31-33H,1,6-7,12,16,21-26H2,2-4H3,(H,41,48)(H,42,45)(H,43,47)/b13-8-/t29-,32+,33+,39+,40-/m1/s1. The lowest BCUT2D eigenvalue weighted by Crippen LogP contribution is -2.58. The second-order valence-corrected chi connectivity index (χ2v) is 18.9. The predicted octanol–water partition coefficient (Wildman–Crippen LogP) is 5.58. The molecule has 6 rings (SSSR count). The molecular weight excluding hydrogens is 713 g/mol. The number of carbonyl (C=O) groups is 4. The molecule has 0 radical (unpaired) electrons. The zero-order valence-corrected chi connectivity index (χ0v) is 32.3. The molecule has 2 aliphatic carbocycles. The zero-order chi connectivity index (χ0) is 38.0. The van der Waals surface area contributed by atoms with Crippen LogP contribution in [0.25, 0.3) is 11.1 Å². The molecule has 0 spiro atoms. The summed E-state index contributed by atoms with van der Waals surface area (Å²) in [5.74, 6) is -1.63. The van der Waals surface area contributed by atoms with E-state index in [1.54, 1.807) is 38.6 Å². The molecule has 5 atom stereocenters. The molecule has 4 aliphatic rings. The average Bonchev–Trinajstić information content (AvgIpc) is 4.05. The number of alkyl carbamates (subject to hydrolysis) is 1. The van der Waals surface area contributed by atoms with Gasteiger partial charge in [-0.3, -0.25) is 19.1 Å². The molecule has 2 saturated carbocycles. The second kappa shape index (κ2) is 15.3. The molecule has 13 heteroatoms. The van der Waals surface area contributed by atoms with Crippen LogP contribution in [0.5, 0.6) is 0 Å². The summed E-state index contributed by atoms with van der Waals surface area (Å²) in [7, 11) is -3.88. The minimum Gasteiger partial charge on any atom is -0.444 e. The lowest BCUT2D eigenvalue weighted by molar-refractivity contribution is -0.141. The van der Waals surface area contributed by atoms with Crippen LogP contribution in [0, 0.1) is 5.92 Å². The van der Waals surface area contributed by atoms with Crippen LogP contribution >= 0.6 is 11.8 Å². The van der Waals surface area contributed by atoms with Crippen LogP contribution < -0.4 is 15.4 Å². The maximum absolute atomic E-state index is 14.7. The van der Waals surface area contributed by atoms with E-state index < -0.39 is 73.0 Å². The molecule has 2 aliphatic heterocycles. The number of rotatable bonds is 9. The molecule has 2 heterocycles. The predicted molar refractivity (Wildman–Crippen MR) is 206 cm³/mol. The van der Waals surface area contributed by atoms with E-state index in [2.05, 4.69) is 34.1 Å². The van der Waals surface area contributed by atoms with Gasteiger partial charge in [0.2, 0.25) is 21.8 Å². The highest BCUT2D eigenvalue weighted by Gasteiger charge is 2.62. The molecule has 2 bridgehead atoms. The van der Waals surface area contributed by atoms with Crippen LogP contribution in [0.4, 0.5) is 4.79 Å². The maximum Gasteiger partial charge on any atom is 0.408 e. The number of thioether (sulfide) groups is 1. The van der Waals surface area contributed by atoms with E-state index in [-0.39, 0.29) is 19.4 Å². The molecule has 3 N–H and O–H groups in total. The third-order valence-corrected chi connectivity index (χ3v) is 13.7. The first kappa shape index (κ1) is 38.6. The Kier molecular flexibility index (Phi) is 11.2. The van der Waals surface area contributed by atoms with Crippen molar-refractivity contribution in [2.24, 2.45) is 5.92 Å². The number of sulfonamides is 1. The van der Waals surface area contributed by atoms with E-state index in [0.717, 1.165) is 29.5 Å². The van der Waals surface area contributed by atoms with Crippen molar-refractivity contribution in [2.75, 3.05) is 12.3 Å². The van der Waals surface area contributed by atoms with Crippen molar-refractivity contribution in [1.82, 2.24) is 20.3 Å². The number of allylic oxidation sites excluding steroid dienone is 1. The Morgan fingerprint density at radius 2 is 1.66 bits per heavy atom. The average molecular weight is 763 g/mol. The van der Waals surface area contributed by atoms with E-state index in [1.807, 2.05) is 54.6 Å². The van der Waals surface area contributed by atoms with Gasteiger partial charge in [0.05, 0.1) is 10.00 Å². The van der Waals surface area contributed by atoms with Gasteiger partial charge in [0.25, 0.3) is 5.91 Å². The molecule has 284 valence electrons. The van der Waals surface area contributed by atoms with Crippen molar-refractivity contribution < 1.29 is 32.3 Å². The summed E-state index contributed by atoms with van der Waals surface area (Å²) in [5, 5.41) is 5.08. The summed E-state index contributed by atoms with van der Waals surface area (Å²) in [4.78, 5) is 57.5. The summed E-state index contributed by atoms with van der Waals surface area (Å²) in [6.07, 6.45) is 9.06. The Morgan fingerprint density at radius 3 is 2.30 bits per heavy atom. The Bertz CT molecular complexity index is 1860. The smallest absolute Gasteiger partial charge is 0.408 e. The number of ether oxygens (including phenoxy) is 1. The van der Waals surface area contributed by atoms with Gasteiger partial charge < -0.3 is 20.3 Å². The maximum atomic E-state index is 14.7. The molecule has 53 heavy (non-hydrogen) atoms. The lowest BCUT2D eigenvalue weighted by atomic mass is 9.93. The number of hydrogen-bond acceptors (Lipinski definition) is 8. The van der Waals surface area contributed by atoms with Gasteiger partial charge in [-0.05, 0) is 82.4 Å². The van der Waals surface area contributed by atoms with Crippen LogP contribution in [0.15, 0.2) is 79.4 Å². The van der Waals surface area contributed by atoms with E-state index in [0.29, 0.717) is 31.4 Å². The first-order chi connectivity index (χ1) is 25.2. The van der Waals surface area contributed by atoms with Gasteiger partial charge in [-0.15, -0.1) is 18.3 Å². The Hall–Kier alpha value is -4.10. The van der Waals surface area contributed by atoms with Crippen molar-refractivity contribution in [1.29, 1.82) is 0 Å². The van der Waals surface area contributed by atoms with Gasteiger partial charge in [0.15, 0.2) is 0 Å². The number of nitrogens with zero attached hydrogens (tertiary/aromatic N) is 1. The number of carbonyl (C=O) groups excluding carboxylic acids is 4. The fourth-order valence-corrected chi connectivity index (χ4v) is 9.99. The molecule has 1 saturated heterocycles. The monoisotopic (exact) mass is 762 g/mol. The molecule has 2 aromatic rings. The van der Waals surface area contributed by atoms with E-state index in [9.17, 15) is 27.6 Å². The molecule has 2 aromatic carbocycles. The SMILES string of the molecule is C=C[C@@H]1C[C@]1(NC(=O)[C@@H]1C[C@@]2(c3ccc(-c4ccccc4)cc3)CN1C(=O)[C@@H](NC(=O)OC(C)(C)C)CCCC/C=C\CS2)C(=O)NS(=O)(=O)C1CC1. The topological polar surface area (TPSA) is 151 Å². The molecule has 0 unspecified atom stereocenters. The molecule has 11 nitrogen and oxygen atoms in total. The number of amides is 4. The van der Waals surface area contributed by atoms with Crippen molar-refractivity contribution in [3.63, 3.8) is 0 Å². The van der Waals surface area contributed by atoms with Crippen molar-refractivity contribution in [3.05, 3.63) is 85.0 Å². The molecule has 0 aromatic heterocycles. The Labute approximate surface area is 316 Å². The largest absolute Gasteiger partial charge is 0.444 e. The fourth-order valence-electron chi connectivity index (χ4n) is 7.26. The van der Waals surface area contributed by atoms with Crippen LogP contribution in [0.1, 0.15) is 77.7 Å². The number of fused-ring (bicyclic) bond motifs is 2. The quantitative estimate of drug-likeness (QED) is 0.281. The van der Waals surface area contributed by atoms with Crippen LogP contribution in [-0.2, 0) is 33.9 Å². The Balaban J connectivity index is 1.36. The van der Waals surface area contributed by atoms with Crippen LogP contribution in [-0.4, -0.2) is 77.9 Å². The summed E-state index contributed by atoms with van der Waals surface area (Å²) in [5.41, 5.74) is 0.729. The normalized spacial score (nSPS) is 28.3. The van der Waals surface area contributed by atoms with Crippen LogP contribution in [0.3, 0.4) is 0 Å². The molecular formula is C40H50N4O7S2. The van der Waals surface area contributed by atoms with E-state index in [4.69, 9.17) is 4.74 Å². The van der Waals surface area contributed by atoms with Crippen molar-refractivity contribution >= 4 is 45.6 Å². The first-order valence-corrected chi connectivity index (χ1v) is 21.0. The lowest BCUT2D eigenvalue weighted by Gasteiger charge is -2.31. The highest BCUT2D eigenvalue weighted by Crippen LogP contribution is 2.50. The first-order valence-electron chi connectivity index (χ1n) is 18.4. The summed E-state index contributed by atoms with van der Waals surface area (Å²) in [6, 6.07) is 16.2. The van der Waals surface area contributed by atoms with Crippen molar-refractivity contribution in [3.8, 4) is 11.1 Å². The Morgan fingerprint density at radius 1 is 0.962 bits per heavy atom. The van der Waals surface area contributed by atoms with Crippen LogP contribution in [0.2, 0.25) is 0 Å². The fraction of sp³-hybridized carbons (Fsp3) is 0.500. The number of nitrogens with one attached hydrogen (secondary N) is 3. The number of benzene rings is 2. The van der Waals surface area contributed by atoms with Gasteiger partial charge in [0.1, 0.15) is 23.2 Å². The zero-order valence-electron chi connectivity index (χ0n) is 30.6. The van der Waals surface area contributed by atoms with Crippen molar-refractivity contribution in [2.45, 2.75) is 105 Å². The minimum atomic E-state index is -3.88. The summed E-state index contributed by atoms with van der Waals surface area (Å²) < 4.78 is 32.6. The van der Waals surface area contributed by atoms with E-state index >= 15 is 0 Å². The minimum absolute atomic E-state index is 0.166. The molecule has 3 fully saturated rings. The third-order valence-electron chi connectivity index (χ3n) is 10.4. The second-order valence-electron chi connectivity index (χ2n) is 15.6. The number of hydrogen-bond donors (Lipinski definition) is 3. The van der Waals surface area contributed by atoms with Gasteiger partial charge in [-0.2, -0.15) is 0 Å². The van der Waals surface area contributed by atoms with E-state index in [1.165, 1.54) is 4.90 Å². The van der Waals surface area contributed by atoms with Gasteiger partial charge >= 0.3 is 6.09 Å². The highest BCUT2D eigenvalue weighted by atomic mass is 32.2. The summed E-state index contributed by atoms with van der Waals surface area (Å²) in [6.45, 7) is 9.23. The summed E-state index contributed by atoms with van der Waals surface area (Å²) >= 11 is 1.65. The van der Waals surface area contributed by atoms with Gasteiger partial charge in [-0.1, -0.05) is 79.2 Å².